The highest BCUT2D eigenvalue weighted by atomic mass is 79.9. The summed E-state index contributed by atoms with van der Waals surface area (Å²) in [4.78, 5) is 8.46. The Balaban J connectivity index is 2.15. The maximum Gasteiger partial charge on any atom is 0.157 e. The van der Waals surface area contributed by atoms with E-state index in [4.69, 9.17) is 0 Å². The van der Waals surface area contributed by atoms with E-state index in [2.05, 4.69) is 25.9 Å². The molecule has 66 valence electrons. The van der Waals surface area contributed by atoms with Gasteiger partial charge in [0.1, 0.15) is 9.63 Å². The molecule has 0 saturated carbocycles. The zero-order valence-corrected chi connectivity index (χ0v) is 9.69. The predicted molar refractivity (Wildman–Crippen MR) is 58.2 cm³/mol. The maximum absolute atomic E-state index is 4.26. The topological polar surface area (TPSA) is 25.8 Å². The quantitative estimate of drug-likeness (QED) is 0.838. The summed E-state index contributed by atoms with van der Waals surface area (Å²) in [7, 11) is 0. The zero-order chi connectivity index (χ0) is 9.10. The van der Waals surface area contributed by atoms with E-state index in [1.165, 1.54) is 0 Å². The Hall–Kier alpha value is -0.390. The third-order valence-corrected chi connectivity index (χ3v) is 3.88. The summed E-state index contributed by atoms with van der Waals surface area (Å²) >= 11 is 6.50. The first-order valence-corrected chi connectivity index (χ1v) is 6.03. The molecule has 2 rings (SSSR count). The lowest BCUT2D eigenvalue weighted by Gasteiger charge is -1.93. The zero-order valence-electron chi connectivity index (χ0n) is 6.48. The molecule has 0 atom stereocenters. The molecule has 2 aromatic heterocycles. The molecule has 0 amide bonds. The van der Waals surface area contributed by atoms with Crippen molar-refractivity contribution in [1.29, 1.82) is 0 Å². The number of thiazole rings is 1. The van der Waals surface area contributed by atoms with Crippen molar-refractivity contribution in [2.24, 2.45) is 0 Å². The molecule has 0 saturated heterocycles. The van der Waals surface area contributed by atoms with Gasteiger partial charge in [-0.25, -0.2) is 9.97 Å². The number of hydrogen-bond acceptors (Lipinski definition) is 4. The van der Waals surface area contributed by atoms with Crippen LogP contribution in [-0.2, 0) is 0 Å². The summed E-state index contributed by atoms with van der Waals surface area (Å²) in [6.45, 7) is 0. The number of rotatable bonds is 2. The number of hydrogen-bond donors (Lipinski definition) is 0. The number of halogens is 1. The van der Waals surface area contributed by atoms with Gasteiger partial charge in [-0.2, -0.15) is 0 Å². The van der Waals surface area contributed by atoms with Crippen molar-refractivity contribution in [3.63, 3.8) is 0 Å². The lowest BCUT2D eigenvalue weighted by atomic mass is 10.5. The molecule has 2 aromatic rings. The van der Waals surface area contributed by atoms with Crippen LogP contribution in [-0.4, -0.2) is 9.97 Å². The van der Waals surface area contributed by atoms with Crippen LogP contribution in [0.2, 0.25) is 0 Å². The molecule has 5 heteroatoms. The van der Waals surface area contributed by atoms with E-state index in [9.17, 15) is 0 Å². The molecule has 0 radical (unpaired) electrons. The van der Waals surface area contributed by atoms with Crippen LogP contribution < -0.4 is 0 Å². The lowest BCUT2D eigenvalue weighted by molar-refractivity contribution is 1.12. The Labute approximate surface area is 92.6 Å². The van der Waals surface area contributed by atoms with Crippen LogP contribution in [0.25, 0.3) is 0 Å². The number of nitrogens with zero attached hydrogens (tertiary/aromatic N) is 2. The standard InChI is InChI=1S/C8H5BrN2S2/c9-6-5-12-8(11-6)13-7-3-1-2-4-10-7/h1-5H. The third kappa shape index (κ3) is 2.52. The van der Waals surface area contributed by atoms with Crippen molar-refractivity contribution < 1.29 is 0 Å². The van der Waals surface area contributed by atoms with Gasteiger partial charge in [0.2, 0.25) is 0 Å². The summed E-state index contributed by atoms with van der Waals surface area (Å²) in [6, 6.07) is 5.85. The average molecular weight is 273 g/mol. The van der Waals surface area contributed by atoms with Gasteiger partial charge in [-0.05, 0) is 39.8 Å². The Morgan fingerprint density at radius 1 is 1.38 bits per heavy atom. The molecule has 0 unspecified atom stereocenters. The minimum atomic E-state index is 0.885. The highest BCUT2D eigenvalue weighted by molar-refractivity contribution is 9.10. The maximum atomic E-state index is 4.26. The van der Waals surface area contributed by atoms with Crippen LogP contribution in [0.15, 0.2) is 43.7 Å². The van der Waals surface area contributed by atoms with Gasteiger partial charge in [0.15, 0.2) is 4.34 Å². The molecule has 0 aliphatic rings. The first-order chi connectivity index (χ1) is 6.34. The second-order valence-electron chi connectivity index (χ2n) is 2.21. The SMILES string of the molecule is Brc1csc(Sc2ccccn2)n1. The highest BCUT2D eigenvalue weighted by Gasteiger charge is 2.01. The Morgan fingerprint density at radius 2 is 2.31 bits per heavy atom. The van der Waals surface area contributed by atoms with Crippen molar-refractivity contribution in [3.8, 4) is 0 Å². The minimum absolute atomic E-state index is 0.885. The monoisotopic (exact) mass is 272 g/mol. The van der Waals surface area contributed by atoms with Crippen LogP contribution in [0.1, 0.15) is 0 Å². The number of pyridine rings is 1. The summed E-state index contributed by atoms with van der Waals surface area (Å²) in [5.41, 5.74) is 0. The average Bonchev–Trinajstić information content (AvgIpc) is 2.53. The number of aromatic nitrogens is 2. The van der Waals surface area contributed by atoms with Gasteiger partial charge in [-0.3, -0.25) is 0 Å². The highest BCUT2D eigenvalue weighted by Crippen LogP contribution is 2.29. The minimum Gasteiger partial charge on any atom is -0.250 e. The largest absolute Gasteiger partial charge is 0.250 e. The molecule has 13 heavy (non-hydrogen) atoms. The van der Waals surface area contributed by atoms with Gasteiger partial charge in [0.05, 0.1) is 0 Å². The van der Waals surface area contributed by atoms with E-state index in [1.54, 1.807) is 29.3 Å². The second-order valence-corrected chi connectivity index (χ2v) is 5.14. The van der Waals surface area contributed by atoms with Crippen molar-refractivity contribution in [3.05, 3.63) is 34.4 Å². The summed E-state index contributed by atoms with van der Waals surface area (Å²) < 4.78 is 1.89. The summed E-state index contributed by atoms with van der Waals surface area (Å²) in [5.74, 6) is 0. The van der Waals surface area contributed by atoms with Crippen LogP contribution in [0, 0.1) is 0 Å². The van der Waals surface area contributed by atoms with Crippen LogP contribution >= 0.6 is 39.0 Å². The molecule has 0 aromatic carbocycles. The molecule has 2 nitrogen and oxygen atoms in total. The first kappa shape index (κ1) is 9.18. The van der Waals surface area contributed by atoms with Gasteiger partial charge in [-0.15, -0.1) is 11.3 Å². The van der Waals surface area contributed by atoms with E-state index in [0.717, 1.165) is 14.0 Å². The molecule has 2 heterocycles. The first-order valence-electron chi connectivity index (χ1n) is 3.54. The fourth-order valence-corrected chi connectivity index (χ4v) is 3.05. The van der Waals surface area contributed by atoms with E-state index in [1.807, 2.05) is 23.6 Å². The smallest absolute Gasteiger partial charge is 0.157 e. The van der Waals surface area contributed by atoms with Gasteiger partial charge in [0, 0.05) is 11.6 Å². The van der Waals surface area contributed by atoms with Gasteiger partial charge in [0.25, 0.3) is 0 Å². The van der Waals surface area contributed by atoms with E-state index in [-0.39, 0.29) is 0 Å². The Kier molecular flexibility index (Phi) is 2.97. The van der Waals surface area contributed by atoms with E-state index >= 15 is 0 Å². The fraction of sp³-hybridized carbons (Fsp3) is 0. The van der Waals surface area contributed by atoms with Crippen molar-refractivity contribution in [2.75, 3.05) is 0 Å². The van der Waals surface area contributed by atoms with Crippen LogP contribution in [0.3, 0.4) is 0 Å². The lowest BCUT2D eigenvalue weighted by Crippen LogP contribution is -1.75. The fourth-order valence-electron chi connectivity index (χ4n) is 0.783. The van der Waals surface area contributed by atoms with E-state index in [0.29, 0.717) is 0 Å². The van der Waals surface area contributed by atoms with Crippen molar-refractivity contribution in [2.45, 2.75) is 9.37 Å². The molecule has 0 fully saturated rings. The molecule has 0 aliphatic carbocycles. The summed E-state index contributed by atoms with van der Waals surface area (Å²) in [5, 5.41) is 2.94. The van der Waals surface area contributed by atoms with Crippen molar-refractivity contribution >= 4 is 39.0 Å². The van der Waals surface area contributed by atoms with Crippen molar-refractivity contribution in [1.82, 2.24) is 9.97 Å². The van der Waals surface area contributed by atoms with Gasteiger partial charge in [-0.1, -0.05) is 6.07 Å². The Bertz CT molecular complexity index is 388. The van der Waals surface area contributed by atoms with Crippen LogP contribution in [0.5, 0.6) is 0 Å². The van der Waals surface area contributed by atoms with E-state index < -0.39 is 0 Å². The molecule has 0 N–H and O–H groups in total. The Morgan fingerprint density at radius 3 is 2.92 bits per heavy atom. The third-order valence-electron chi connectivity index (χ3n) is 1.28. The molecule has 0 spiro atoms. The molecule has 0 bridgehead atoms. The second kappa shape index (κ2) is 4.21. The predicted octanol–water partition coefficient (Wildman–Crippen LogP) is 3.45. The van der Waals surface area contributed by atoms with Crippen LogP contribution in [0.4, 0.5) is 0 Å². The molecular formula is C8H5BrN2S2. The van der Waals surface area contributed by atoms with Gasteiger partial charge >= 0.3 is 0 Å². The normalized spacial score (nSPS) is 10.2. The summed E-state index contributed by atoms with van der Waals surface area (Å²) in [6.07, 6.45) is 1.78. The molecule has 0 aliphatic heterocycles. The molecular weight excluding hydrogens is 268 g/mol. The van der Waals surface area contributed by atoms with Gasteiger partial charge < -0.3 is 0 Å².